The highest BCUT2D eigenvalue weighted by molar-refractivity contribution is 6.07. The van der Waals surface area contributed by atoms with Gasteiger partial charge in [0.25, 0.3) is 5.69 Å². The van der Waals surface area contributed by atoms with Crippen LogP contribution in [0.2, 0.25) is 0 Å². The summed E-state index contributed by atoms with van der Waals surface area (Å²) in [6.45, 7) is 11.1. The Morgan fingerprint density at radius 1 is 1.00 bits per heavy atom. The second kappa shape index (κ2) is 6.28. The molecule has 152 valence electrons. The molecule has 0 unspecified atom stereocenters. The van der Waals surface area contributed by atoms with E-state index in [4.69, 9.17) is 4.74 Å². The lowest BCUT2D eigenvalue weighted by molar-refractivity contribution is -0.659. The van der Waals surface area contributed by atoms with Crippen LogP contribution < -0.4 is 9.30 Å². The predicted molar refractivity (Wildman–Crippen MR) is 121 cm³/mol. The monoisotopic (exact) mass is 400 g/mol. The molecule has 2 heterocycles. The molecule has 1 aliphatic rings. The zero-order valence-electron chi connectivity index (χ0n) is 18.5. The van der Waals surface area contributed by atoms with Crippen molar-refractivity contribution in [2.45, 2.75) is 41.0 Å². The number of ether oxygens (including phenoxy) is 1. The maximum atomic E-state index is 14.2. The SMILES string of the molecule is Cc1cc2cc(CC(C)(C)C)cc3c2c(c1C)-c1c(c2cc(F)ccc2c[n+]1C)O3. The molecular weight excluding hydrogens is 373 g/mol. The summed E-state index contributed by atoms with van der Waals surface area (Å²) in [7, 11) is 2.04. The second-order valence-corrected chi connectivity index (χ2v) is 9.87. The van der Waals surface area contributed by atoms with Gasteiger partial charge in [0.2, 0.25) is 5.75 Å². The van der Waals surface area contributed by atoms with Gasteiger partial charge in [0.1, 0.15) is 18.6 Å². The summed E-state index contributed by atoms with van der Waals surface area (Å²) in [6, 6.07) is 11.6. The molecule has 4 aromatic rings. The maximum Gasteiger partial charge on any atom is 0.257 e. The minimum Gasteiger partial charge on any atom is -0.449 e. The molecule has 0 saturated heterocycles. The van der Waals surface area contributed by atoms with Crippen molar-refractivity contribution in [1.29, 1.82) is 0 Å². The minimum atomic E-state index is -0.249. The highest BCUT2D eigenvalue weighted by atomic mass is 19.1. The summed E-state index contributed by atoms with van der Waals surface area (Å²) in [5, 5.41) is 4.13. The lowest BCUT2D eigenvalue weighted by Gasteiger charge is -2.25. The first kappa shape index (κ1) is 19.0. The van der Waals surface area contributed by atoms with Gasteiger partial charge in [-0.25, -0.2) is 4.39 Å². The molecule has 0 bridgehead atoms. The number of nitrogens with zero attached hydrogens (tertiary/aromatic N) is 1. The van der Waals surface area contributed by atoms with Gasteiger partial charge in [-0.15, -0.1) is 0 Å². The fraction of sp³-hybridized carbons (Fsp3) is 0.296. The van der Waals surface area contributed by atoms with E-state index in [0.29, 0.717) is 0 Å². The molecule has 0 atom stereocenters. The molecule has 0 fully saturated rings. The summed E-state index contributed by atoms with van der Waals surface area (Å²) < 4.78 is 22.8. The highest BCUT2D eigenvalue weighted by Gasteiger charge is 2.32. The minimum absolute atomic E-state index is 0.178. The normalized spacial score (nSPS) is 12.9. The largest absolute Gasteiger partial charge is 0.449 e. The maximum absolute atomic E-state index is 14.2. The summed E-state index contributed by atoms with van der Waals surface area (Å²) >= 11 is 0. The van der Waals surface area contributed by atoms with Gasteiger partial charge < -0.3 is 4.74 Å². The standard InChI is InChI=1S/C27H27FNO/c1-15-9-19-10-17(13-27(3,4)5)11-22-24(19)23(16(15)2)25-26(30-22)21-12-20(28)8-7-18(21)14-29(25)6/h7-12,14H,13H2,1-6H3/q+1. The van der Waals surface area contributed by atoms with Gasteiger partial charge in [-0.3, -0.25) is 0 Å². The van der Waals surface area contributed by atoms with Crippen molar-refractivity contribution in [3.63, 3.8) is 0 Å². The Balaban J connectivity index is 1.91. The van der Waals surface area contributed by atoms with E-state index in [2.05, 4.69) is 63.6 Å². The van der Waals surface area contributed by atoms with Crippen LogP contribution in [0.4, 0.5) is 4.39 Å². The number of halogens is 1. The first-order valence-electron chi connectivity index (χ1n) is 10.5. The molecule has 1 aliphatic heterocycles. The number of aromatic nitrogens is 1. The summed E-state index contributed by atoms with van der Waals surface area (Å²) in [5.74, 6) is 1.36. The third-order valence-corrected chi connectivity index (χ3v) is 6.12. The zero-order chi connectivity index (χ0) is 21.4. The Hall–Kier alpha value is -2.94. The number of benzene rings is 3. The number of hydrogen-bond donors (Lipinski definition) is 0. The first-order chi connectivity index (χ1) is 14.1. The van der Waals surface area contributed by atoms with Crippen molar-refractivity contribution in [3.05, 3.63) is 65.1 Å². The van der Waals surface area contributed by atoms with Gasteiger partial charge in [0.05, 0.1) is 5.56 Å². The summed E-state index contributed by atoms with van der Waals surface area (Å²) in [5.41, 5.74) is 6.13. The van der Waals surface area contributed by atoms with Crippen LogP contribution >= 0.6 is 0 Å². The van der Waals surface area contributed by atoms with Crippen molar-refractivity contribution in [3.8, 4) is 22.8 Å². The van der Waals surface area contributed by atoms with E-state index in [9.17, 15) is 4.39 Å². The quantitative estimate of drug-likeness (QED) is 0.278. The van der Waals surface area contributed by atoms with Crippen LogP contribution in [0.25, 0.3) is 32.8 Å². The Bertz CT molecular complexity index is 1360. The van der Waals surface area contributed by atoms with E-state index in [1.54, 1.807) is 6.07 Å². The van der Waals surface area contributed by atoms with E-state index in [0.717, 1.165) is 39.8 Å². The van der Waals surface area contributed by atoms with Crippen molar-refractivity contribution in [2.24, 2.45) is 12.5 Å². The van der Waals surface area contributed by atoms with Crippen LogP contribution in [0.1, 0.15) is 37.5 Å². The molecule has 0 spiro atoms. The van der Waals surface area contributed by atoms with Crippen LogP contribution in [0, 0.1) is 25.1 Å². The van der Waals surface area contributed by atoms with E-state index < -0.39 is 0 Å². The second-order valence-electron chi connectivity index (χ2n) is 9.87. The van der Waals surface area contributed by atoms with Crippen LogP contribution in [-0.4, -0.2) is 0 Å². The fourth-order valence-electron chi connectivity index (χ4n) is 4.80. The molecule has 3 heteroatoms. The number of pyridine rings is 1. The molecule has 0 N–H and O–H groups in total. The van der Waals surface area contributed by atoms with Crippen LogP contribution in [-0.2, 0) is 13.5 Å². The zero-order valence-corrected chi connectivity index (χ0v) is 18.5. The van der Waals surface area contributed by atoms with Crippen LogP contribution in [0.3, 0.4) is 0 Å². The van der Waals surface area contributed by atoms with Gasteiger partial charge in [-0.1, -0.05) is 32.9 Å². The molecule has 0 aliphatic carbocycles. The van der Waals surface area contributed by atoms with E-state index >= 15 is 0 Å². The molecule has 1 aromatic heterocycles. The topological polar surface area (TPSA) is 13.1 Å². The van der Waals surface area contributed by atoms with Gasteiger partial charge >= 0.3 is 0 Å². The smallest absolute Gasteiger partial charge is 0.257 e. The number of fused-ring (bicyclic) bond motifs is 4. The fourth-order valence-corrected chi connectivity index (χ4v) is 4.80. The van der Waals surface area contributed by atoms with E-state index in [1.807, 2.05) is 13.1 Å². The molecule has 3 aromatic carbocycles. The summed E-state index contributed by atoms with van der Waals surface area (Å²) in [6.07, 6.45) is 3.02. The molecule has 0 radical (unpaired) electrons. The average Bonchev–Trinajstić information content (AvgIpc) is 2.64. The molecule has 30 heavy (non-hydrogen) atoms. The first-order valence-corrected chi connectivity index (χ1v) is 10.5. The third kappa shape index (κ3) is 2.87. The van der Waals surface area contributed by atoms with Gasteiger partial charge in [0, 0.05) is 16.2 Å². The third-order valence-electron chi connectivity index (χ3n) is 6.12. The lowest BCUT2D eigenvalue weighted by Crippen LogP contribution is -2.32. The van der Waals surface area contributed by atoms with Crippen LogP contribution in [0.15, 0.2) is 42.6 Å². The molecular formula is C27H27FNO+. The van der Waals surface area contributed by atoms with Crippen molar-refractivity contribution in [1.82, 2.24) is 0 Å². The van der Waals surface area contributed by atoms with E-state index in [-0.39, 0.29) is 11.2 Å². The molecule has 2 nitrogen and oxygen atoms in total. The highest BCUT2D eigenvalue weighted by Crippen LogP contribution is 2.50. The number of aryl methyl sites for hydroxylation is 2. The number of rotatable bonds is 1. The average molecular weight is 401 g/mol. The Morgan fingerprint density at radius 2 is 1.77 bits per heavy atom. The Morgan fingerprint density at radius 3 is 2.50 bits per heavy atom. The van der Waals surface area contributed by atoms with E-state index in [1.165, 1.54) is 33.7 Å². The van der Waals surface area contributed by atoms with Crippen molar-refractivity contribution >= 4 is 21.5 Å². The predicted octanol–water partition coefficient (Wildman–Crippen LogP) is 6.93. The molecule has 0 saturated carbocycles. The summed E-state index contributed by atoms with van der Waals surface area (Å²) in [4.78, 5) is 0. The van der Waals surface area contributed by atoms with Gasteiger partial charge in [-0.05, 0) is 72.0 Å². The van der Waals surface area contributed by atoms with Crippen molar-refractivity contribution in [2.75, 3.05) is 0 Å². The van der Waals surface area contributed by atoms with Crippen molar-refractivity contribution < 1.29 is 13.7 Å². The van der Waals surface area contributed by atoms with Gasteiger partial charge in [-0.2, -0.15) is 4.57 Å². The number of hydrogen-bond acceptors (Lipinski definition) is 1. The van der Waals surface area contributed by atoms with Crippen LogP contribution in [0.5, 0.6) is 11.5 Å². The molecule has 5 rings (SSSR count). The lowest BCUT2D eigenvalue weighted by atomic mass is 9.85. The molecule has 0 amide bonds. The van der Waals surface area contributed by atoms with Gasteiger partial charge in [0.15, 0.2) is 6.20 Å². The Labute approximate surface area is 176 Å². The Kier molecular flexibility index (Phi) is 3.99.